The molecule has 4 aromatic carbocycles. The summed E-state index contributed by atoms with van der Waals surface area (Å²) >= 11 is 0. The summed E-state index contributed by atoms with van der Waals surface area (Å²) in [5.41, 5.74) is 10.00. The lowest BCUT2D eigenvalue weighted by Gasteiger charge is -2.28. The van der Waals surface area contributed by atoms with Crippen molar-refractivity contribution in [3.05, 3.63) is 96.6 Å². The Morgan fingerprint density at radius 2 is 1.05 bits per heavy atom. The summed E-state index contributed by atoms with van der Waals surface area (Å²) in [5, 5.41) is 0. The minimum Gasteiger partial charge on any atom is -0.313 e. The van der Waals surface area contributed by atoms with Crippen LogP contribution in [0.2, 0.25) is 0 Å². The number of hydrogen-bond acceptors (Lipinski definition) is 7. The van der Waals surface area contributed by atoms with E-state index in [9.17, 15) is 0 Å². The number of benzene rings is 4. The van der Waals surface area contributed by atoms with E-state index in [0.29, 0.717) is 6.67 Å². The van der Waals surface area contributed by atoms with Gasteiger partial charge in [-0.25, -0.2) is 15.0 Å². The molecule has 0 spiro atoms. The van der Waals surface area contributed by atoms with Crippen molar-refractivity contribution in [2.24, 2.45) is 29.1 Å². The second-order valence-electron chi connectivity index (χ2n) is 10.6. The van der Waals surface area contributed by atoms with Gasteiger partial charge in [0.25, 0.3) is 0 Å². The van der Waals surface area contributed by atoms with Gasteiger partial charge in [-0.3, -0.25) is 9.80 Å². The lowest BCUT2D eigenvalue weighted by molar-refractivity contribution is 0.764. The number of hydrogen-bond donors (Lipinski definition) is 0. The van der Waals surface area contributed by atoms with Crippen LogP contribution in [0.25, 0.3) is 11.0 Å². The minimum absolute atomic E-state index is 0.581. The minimum atomic E-state index is 0.581. The molecular formula is C32H29N9. The van der Waals surface area contributed by atoms with Crippen LogP contribution in [-0.2, 0) is 14.1 Å². The van der Waals surface area contributed by atoms with Gasteiger partial charge in [-0.2, -0.15) is 0 Å². The quantitative estimate of drug-likeness (QED) is 0.278. The SMILES string of the molecule is CN1C2=Nc3cc(N=c4n(C)c5ccccc5n4C)ccc3/N=C3\N(C)c4ccccc4N3CN2c2ccccc21. The lowest BCUT2D eigenvalue weighted by atomic mass is 10.2. The van der Waals surface area contributed by atoms with Gasteiger partial charge in [0.1, 0.15) is 6.67 Å². The number of anilines is 4. The number of imidazole rings is 1. The lowest BCUT2D eigenvalue weighted by Crippen LogP contribution is -2.47. The molecule has 0 bridgehead atoms. The molecule has 0 saturated heterocycles. The normalized spacial score (nSPS) is 16.6. The van der Waals surface area contributed by atoms with Crippen molar-refractivity contribution in [1.29, 1.82) is 0 Å². The number of aliphatic imine (C=N–C) groups is 2. The Balaban J connectivity index is 1.35. The highest BCUT2D eigenvalue weighted by Gasteiger charge is 2.38. The summed E-state index contributed by atoms with van der Waals surface area (Å²) in [4.78, 5) is 24.4. The van der Waals surface area contributed by atoms with Gasteiger partial charge in [-0.15, -0.1) is 0 Å². The largest absolute Gasteiger partial charge is 0.313 e. The molecule has 1 aromatic heterocycles. The van der Waals surface area contributed by atoms with E-state index < -0.39 is 0 Å². The summed E-state index contributed by atoms with van der Waals surface area (Å²) in [6.07, 6.45) is 0. The molecule has 9 heteroatoms. The molecule has 9 nitrogen and oxygen atoms in total. The summed E-state index contributed by atoms with van der Waals surface area (Å²) in [7, 11) is 8.25. The number of guanidine groups is 2. The molecule has 0 aliphatic carbocycles. The van der Waals surface area contributed by atoms with Gasteiger partial charge in [-0.1, -0.05) is 36.4 Å². The maximum atomic E-state index is 5.26. The molecule has 202 valence electrons. The Labute approximate surface area is 237 Å². The average molecular weight is 540 g/mol. The zero-order valence-corrected chi connectivity index (χ0v) is 23.4. The fraction of sp³-hybridized carbons (Fsp3) is 0.156. The molecular weight excluding hydrogens is 510 g/mol. The molecule has 5 aromatic rings. The summed E-state index contributed by atoms with van der Waals surface area (Å²) in [5.74, 6) is 1.71. The van der Waals surface area contributed by atoms with E-state index >= 15 is 0 Å². The highest BCUT2D eigenvalue weighted by Crippen LogP contribution is 2.44. The zero-order valence-electron chi connectivity index (χ0n) is 23.4. The van der Waals surface area contributed by atoms with Crippen molar-refractivity contribution in [3.8, 4) is 0 Å². The molecule has 0 amide bonds. The third-order valence-electron chi connectivity index (χ3n) is 8.27. The Bertz CT molecular complexity index is 1970. The molecule has 0 unspecified atom stereocenters. The third kappa shape index (κ3) is 3.38. The first-order valence-electron chi connectivity index (χ1n) is 13.7. The monoisotopic (exact) mass is 539 g/mol. The van der Waals surface area contributed by atoms with Crippen LogP contribution in [0.15, 0.2) is 106 Å². The van der Waals surface area contributed by atoms with Gasteiger partial charge >= 0.3 is 0 Å². The van der Waals surface area contributed by atoms with Crippen molar-refractivity contribution in [2.75, 3.05) is 40.4 Å². The van der Waals surface area contributed by atoms with E-state index in [2.05, 4.69) is 130 Å². The van der Waals surface area contributed by atoms with Crippen molar-refractivity contribution >= 4 is 62.8 Å². The van der Waals surface area contributed by atoms with Gasteiger partial charge in [0.15, 0.2) is 0 Å². The van der Waals surface area contributed by atoms with E-state index in [-0.39, 0.29) is 0 Å². The van der Waals surface area contributed by atoms with Gasteiger partial charge < -0.3 is 18.9 Å². The number of para-hydroxylation sites is 6. The second-order valence-corrected chi connectivity index (χ2v) is 10.6. The molecule has 0 radical (unpaired) electrons. The Morgan fingerprint density at radius 3 is 1.61 bits per heavy atom. The highest BCUT2D eigenvalue weighted by atomic mass is 15.5. The van der Waals surface area contributed by atoms with E-state index in [0.717, 1.165) is 68.4 Å². The van der Waals surface area contributed by atoms with Crippen LogP contribution in [0.4, 0.5) is 39.8 Å². The van der Waals surface area contributed by atoms with E-state index in [1.807, 2.05) is 18.2 Å². The molecule has 41 heavy (non-hydrogen) atoms. The van der Waals surface area contributed by atoms with Crippen LogP contribution in [-0.4, -0.2) is 41.8 Å². The van der Waals surface area contributed by atoms with Gasteiger partial charge in [-0.05, 0) is 54.6 Å². The van der Waals surface area contributed by atoms with Gasteiger partial charge in [0.2, 0.25) is 17.5 Å². The predicted octanol–water partition coefficient (Wildman–Crippen LogP) is 5.61. The molecule has 8 rings (SSSR count). The molecule has 0 saturated carbocycles. The Kier molecular flexibility index (Phi) is 4.94. The number of rotatable bonds is 1. The second kappa shape index (κ2) is 8.59. The smallest absolute Gasteiger partial charge is 0.212 e. The third-order valence-corrected chi connectivity index (χ3v) is 8.27. The van der Waals surface area contributed by atoms with Crippen molar-refractivity contribution in [2.45, 2.75) is 0 Å². The summed E-state index contributed by atoms with van der Waals surface area (Å²) in [6.45, 7) is 0.581. The maximum Gasteiger partial charge on any atom is 0.212 e. The number of fused-ring (bicyclic) bond motifs is 8. The van der Waals surface area contributed by atoms with Crippen LogP contribution in [0.3, 0.4) is 0 Å². The molecule has 0 N–H and O–H groups in total. The Hall–Kier alpha value is -5.31. The summed E-state index contributed by atoms with van der Waals surface area (Å²) < 4.78 is 4.24. The van der Waals surface area contributed by atoms with Crippen LogP contribution in [0.1, 0.15) is 0 Å². The number of aromatic nitrogens is 2. The molecule has 0 atom stereocenters. The Morgan fingerprint density at radius 1 is 0.561 bits per heavy atom. The molecule has 3 aliphatic heterocycles. The van der Waals surface area contributed by atoms with Crippen LogP contribution < -0.4 is 25.2 Å². The highest BCUT2D eigenvalue weighted by molar-refractivity contribution is 6.21. The topological polar surface area (TPSA) is 59.9 Å². The molecule has 4 heterocycles. The van der Waals surface area contributed by atoms with E-state index in [1.54, 1.807) is 0 Å². The average Bonchev–Trinajstić information content (AvgIpc) is 3.53. The van der Waals surface area contributed by atoms with Crippen molar-refractivity contribution in [3.63, 3.8) is 0 Å². The fourth-order valence-electron chi connectivity index (χ4n) is 6.15. The van der Waals surface area contributed by atoms with Crippen molar-refractivity contribution in [1.82, 2.24) is 9.13 Å². The first-order chi connectivity index (χ1) is 20.0. The fourth-order valence-corrected chi connectivity index (χ4v) is 6.15. The molecule has 3 aliphatic rings. The first kappa shape index (κ1) is 23.6. The summed E-state index contributed by atoms with van der Waals surface area (Å²) in [6, 6.07) is 31.3. The maximum absolute atomic E-state index is 5.26. The van der Waals surface area contributed by atoms with E-state index in [1.165, 1.54) is 0 Å². The number of nitrogens with zero attached hydrogens (tertiary/aromatic N) is 9. The van der Waals surface area contributed by atoms with Gasteiger partial charge in [0, 0.05) is 28.2 Å². The van der Waals surface area contributed by atoms with Crippen LogP contribution >= 0.6 is 0 Å². The molecule has 0 fully saturated rings. The van der Waals surface area contributed by atoms with E-state index in [4.69, 9.17) is 15.0 Å². The standard InChI is InChI=1S/C32H29N9/c1-36-24-11-5-6-12-25(24)37(2)30(36)33-21-17-18-22-23(19-21)35-32-39(4)27-14-8-10-16-29(27)41(32)20-40-28-15-9-7-13-26(28)38(3)31(40)34-22/h5-19H,20H2,1-4H3/b34-31+,35-32?. The predicted molar refractivity (Wildman–Crippen MR) is 167 cm³/mol. The number of aryl methyl sites for hydroxylation is 2. The van der Waals surface area contributed by atoms with Gasteiger partial charge in [0.05, 0.1) is 50.8 Å². The zero-order chi connectivity index (χ0) is 27.8. The van der Waals surface area contributed by atoms with Crippen LogP contribution in [0, 0.1) is 0 Å². The first-order valence-corrected chi connectivity index (χ1v) is 13.7. The van der Waals surface area contributed by atoms with Crippen molar-refractivity contribution < 1.29 is 0 Å². The van der Waals surface area contributed by atoms with Crippen LogP contribution in [0.5, 0.6) is 0 Å².